The second-order valence-electron chi connectivity index (χ2n) is 3.86. The Bertz CT molecular complexity index is 446. The molecule has 0 aliphatic carbocycles. The van der Waals surface area contributed by atoms with Crippen LogP contribution in [-0.4, -0.2) is 28.1 Å². The Balaban J connectivity index is 2.82. The predicted octanol–water partition coefficient (Wildman–Crippen LogP) is 1.04. The minimum absolute atomic E-state index is 0.0550. The Morgan fingerprint density at radius 3 is 2.72 bits per heavy atom. The Morgan fingerprint density at radius 2 is 2.17 bits per heavy atom. The molecule has 18 heavy (non-hydrogen) atoms. The summed E-state index contributed by atoms with van der Waals surface area (Å²) in [7, 11) is 0. The first kappa shape index (κ1) is 13.8. The van der Waals surface area contributed by atoms with Crippen LogP contribution in [0.3, 0.4) is 0 Å². The summed E-state index contributed by atoms with van der Waals surface area (Å²) in [5.41, 5.74) is 5.65. The number of carbonyl (C=O) groups is 1. The summed E-state index contributed by atoms with van der Waals surface area (Å²) in [5.74, 6) is -0.622. The lowest BCUT2D eigenvalue weighted by Gasteiger charge is -2.16. The van der Waals surface area contributed by atoms with Gasteiger partial charge in [-0.2, -0.15) is 0 Å². The lowest BCUT2D eigenvalue weighted by molar-refractivity contribution is 0.0942. The maximum Gasteiger partial charge on any atom is 0.255 e. The number of amides is 1. The molecule has 0 fully saturated rings. The van der Waals surface area contributed by atoms with E-state index in [0.717, 1.165) is 6.42 Å². The smallest absolute Gasteiger partial charge is 0.255 e. The van der Waals surface area contributed by atoms with Gasteiger partial charge in [0.15, 0.2) is 5.84 Å². The largest absolute Gasteiger partial charge is 0.507 e. The highest BCUT2D eigenvalue weighted by Gasteiger charge is 2.18. The van der Waals surface area contributed by atoms with Crippen LogP contribution < -0.4 is 11.1 Å². The molecule has 1 aromatic rings. The van der Waals surface area contributed by atoms with Gasteiger partial charge in [-0.1, -0.05) is 30.6 Å². The number of phenolic OH excluding ortho intramolecular Hbond substituents is 1. The fraction of sp³-hybridized carbons (Fsp3) is 0.333. The lowest BCUT2D eigenvalue weighted by Crippen LogP contribution is -2.44. The number of benzene rings is 1. The van der Waals surface area contributed by atoms with Gasteiger partial charge in [-0.05, 0) is 18.6 Å². The lowest BCUT2D eigenvalue weighted by atomic mass is 10.1. The van der Waals surface area contributed by atoms with Crippen molar-refractivity contribution in [2.75, 3.05) is 0 Å². The second-order valence-corrected chi connectivity index (χ2v) is 3.86. The summed E-state index contributed by atoms with van der Waals surface area (Å²) < 4.78 is 0. The Morgan fingerprint density at radius 1 is 1.50 bits per heavy atom. The standard InChI is InChI=1S/C12H17N3O3/c1-2-5-9(11(13)15-18)14-12(17)8-6-3-4-7-10(8)16/h3-4,6-7,9,16,18H,2,5H2,1H3,(H2,13,15)(H,14,17). The number of nitrogens with one attached hydrogen (secondary N) is 1. The number of nitrogens with zero attached hydrogens (tertiary/aromatic N) is 1. The van der Waals surface area contributed by atoms with E-state index in [1.165, 1.54) is 12.1 Å². The van der Waals surface area contributed by atoms with Gasteiger partial charge < -0.3 is 21.4 Å². The number of para-hydroxylation sites is 1. The molecule has 0 aliphatic rings. The van der Waals surface area contributed by atoms with E-state index >= 15 is 0 Å². The molecule has 1 aromatic carbocycles. The van der Waals surface area contributed by atoms with Gasteiger partial charge in [0.25, 0.3) is 5.91 Å². The number of hydrogen-bond acceptors (Lipinski definition) is 4. The molecule has 0 aromatic heterocycles. The monoisotopic (exact) mass is 251 g/mol. The molecular weight excluding hydrogens is 234 g/mol. The fourth-order valence-corrected chi connectivity index (χ4v) is 1.55. The molecule has 1 atom stereocenters. The SMILES string of the molecule is CCCC(NC(=O)c1ccccc1O)/C(N)=N/O. The van der Waals surface area contributed by atoms with E-state index in [1.807, 2.05) is 6.92 Å². The zero-order valence-corrected chi connectivity index (χ0v) is 10.1. The van der Waals surface area contributed by atoms with Gasteiger partial charge >= 0.3 is 0 Å². The number of aromatic hydroxyl groups is 1. The number of amidine groups is 1. The zero-order valence-electron chi connectivity index (χ0n) is 10.1. The van der Waals surface area contributed by atoms with E-state index in [2.05, 4.69) is 10.5 Å². The quantitative estimate of drug-likeness (QED) is 0.271. The molecule has 0 saturated carbocycles. The number of nitrogens with two attached hydrogens (primary N) is 1. The maximum absolute atomic E-state index is 11.9. The van der Waals surface area contributed by atoms with Crippen LogP contribution in [0.25, 0.3) is 0 Å². The van der Waals surface area contributed by atoms with E-state index in [0.29, 0.717) is 6.42 Å². The average Bonchev–Trinajstić information content (AvgIpc) is 2.37. The number of carbonyl (C=O) groups excluding carboxylic acids is 1. The molecule has 0 aliphatic heterocycles. The van der Waals surface area contributed by atoms with Gasteiger partial charge in [0.2, 0.25) is 0 Å². The van der Waals surface area contributed by atoms with Gasteiger partial charge in [0, 0.05) is 0 Å². The van der Waals surface area contributed by atoms with Crippen molar-refractivity contribution in [2.24, 2.45) is 10.9 Å². The van der Waals surface area contributed by atoms with Gasteiger partial charge in [0.1, 0.15) is 5.75 Å². The first-order chi connectivity index (χ1) is 8.60. The van der Waals surface area contributed by atoms with E-state index in [4.69, 9.17) is 10.9 Å². The summed E-state index contributed by atoms with van der Waals surface area (Å²) in [5, 5.41) is 23.7. The van der Waals surface area contributed by atoms with Crippen LogP contribution in [0.5, 0.6) is 5.75 Å². The van der Waals surface area contributed by atoms with Gasteiger partial charge in [-0.25, -0.2) is 0 Å². The molecule has 1 rings (SSSR count). The molecule has 6 heteroatoms. The molecule has 0 radical (unpaired) electrons. The molecule has 0 bridgehead atoms. The highest BCUT2D eigenvalue weighted by molar-refractivity contribution is 6.00. The molecule has 6 nitrogen and oxygen atoms in total. The van der Waals surface area contributed by atoms with Crippen LogP contribution in [0.15, 0.2) is 29.4 Å². The third-order valence-corrected chi connectivity index (χ3v) is 2.50. The molecule has 5 N–H and O–H groups in total. The average molecular weight is 251 g/mol. The molecule has 0 saturated heterocycles. The summed E-state index contributed by atoms with van der Waals surface area (Å²) in [6.07, 6.45) is 1.32. The first-order valence-electron chi connectivity index (χ1n) is 5.66. The summed E-state index contributed by atoms with van der Waals surface area (Å²) >= 11 is 0. The first-order valence-corrected chi connectivity index (χ1v) is 5.66. The summed E-state index contributed by atoms with van der Waals surface area (Å²) in [4.78, 5) is 11.9. The Kier molecular flexibility index (Phi) is 4.98. The van der Waals surface area contributed by atoms with E-state index < -0.39 is 11.9 Å². The topological polar surface area (TPSA) is 108 Å². The van der Waals surface area contributed by atoms with Crippen LogP contribution in [-0.2, 0) is 0 Å². The van der Waals surface area contributed by atoms with Crippen molar-refractivity contribution in [3.05, 3.63) is 29.8 Å². The molecule has 1 amide bonds. The highest BCUT2D eigenvalue weighted by atomic mass is 16.4. The summed E-state index contributed by atoms with van der Waals surface area (Å²) in [6, 6.07) is 5.64. The van der Waals surface area contributed by atoms with Crippen LogP contribution in [0.4, 0.5) is 0 Å². The number of hydrogen-bond donors (Lipinski definition) is 4. The maximum atomic E-state index is 11.9. The van der Waals surface area contributed by atoms with Crippen molar-refractivity contribution in [1.29, 1.82) is 0 Å². The molecular formula is C12H17N3O3. The minimum atomic E-state index is -0.549. The number of oxime groups is 1. The van der Waals surface area contributed by atoms with Gasteiger partial charge in [-0.3, -0.25) is 4.79 Å². The third kappa shape index (κ3) is 3.38. The van der Waals surface area contributed by atoms with Crippen molar-refractivity contribution in [2.45, 2.75) is 25.8 Å². The van der Waals surface area contributed by atoms with E-state index in [-0.39, 0.29) is 17.1 Å². The van der Waals surface area contributed by atoms with Crippen molar-refractivity contribution >= 4 is 11.7 Å². The van der Waals surface area contributed by atoms with E-state index in [1.54, 1.807) is 12.1 Å². The van der Waals surface area contributed by atoms with Crippen molar-refractivity contribution in [1.82, 2.24) is 5.32 Å². The molecule has 1 unspecified atom stereocenters. The van der Waals surface area contributed by atoms with Gasteiger partial charge in [-0.15, -0.1) is 0 Å². The second kappa shape index (κ2) is 6.48. The third-order valence-electron chi connectivity index (χ3n) is 2.50. The number of phenols is 1. The van der Waals surface area contributed by atoms with E-state index in [9.17, 15) is 9.90 Å². The van der Waals surface area contributed by atoms with Crippen LogP contribution in [0, 0.1) is 0 Å². The molecule has 98 valence electrons. The van der Waals surface area contributed by atoms with Gasteiger partial charge in [0.05, 0.1) is 11.6 Å². The predicted molar refractivity (Wildman–Crippen MR) is 67.7 cm³/mol. The normalized spacial score (nSPS) is 13.1. The fourth-order valence-electron chi connectivity index (χ4n) is 1.55. The van der Waals surface area contributed by atoms with Crippen LogP contribution in [0.2, 0.25) is 0 Å². The summed E-state index contributed by atoms with van der Waals surface area (Å²) in [6.45, 7) is 1.92. The van der Waals surface area contributed by atoms with Crippen molar-refractivity contribution in [3.8, 4) is 5.75 Å². The zero-order chi connectivity index (χ0) is 13.5. The van der Waals surface area contributed by atoms with Crippen LogP contribution in [0.1, 0.15) is 30.1 Å². The molecule has 0 heterocycles. The number of rotatable bonds is 5. The minimum Gasteiger partial charge on any atom is -0.507 e. The Labute approximate surface area is 105 Å². The van der Waals surface area contributed by atoms with Crippen LogP contribution >= 0.6 is 0 Å². The Hall–Kier alpha value is -2.24. The highest BCUT2D eigenvalue weighted by Crippen LogP contribution is 2.15. The molecule has 0 spiro atoms. The van der Waals surface area contributed by atoms with Crippen molar-refractivity contribution in [3.63, 3.8) is 0 Å². The van der Waals surface area contributed by atoms with Crippen molar-refractivity contribution < 1.29 is 15.1 Å².